The van der Waals surface area contributed by atoms with E-state index in [1.165, 1.54) is 0 Å². The van der Waals surface area contributed by atoms with Crippen LogP contribution in [0, 0.1) is 0 Å². The first kappa shape index (κ1) is 11.1. The van der Waals surface area contributed by atoms with E-state index in [1.807, 2.05) is 17.8 Å². The van der Waals surface area contributed by atoms with E-state index in [1.54, 1.807) is 6.20 Å². The van der Waals surface area contributed by atoms with Gasteiger partial charge in [-0.25, -0.2) is 4.98 Å². The smallest absolute Gasteiger partial charge is 0.227 e. The molecule has 1 aromatic rings. The number of aromatic nitrogens is 2. The number of carbonyl (C=O) groups excluding carboxylic acids is 1. The Morgan fingerprint density at radius 2 is 2.38 bits per heavy atom. The van der Waals surface area contributed by atoms with Crippen LogP contribution in [0.15, 0.2) is 12.4 Å². The monoisotopic (exact) mass is 222 g/mol. The van der Waals surface area contributed by atoms with Crippen LogP contribution < -0.4 is 10.6 Å². The maximum atomic E-state index is 11.7. The molecule has 2 N–H and O–H groups in total. The molecule has 1 saturated heterocycles. The average Bonchev–Trinajstić information content (AvgIpc) is 2.66. The third-order valence-corrected chi connectivity index (χ3v) is 2.94. The molecular formula is C11H18N4O. The minimum absolute atomic E-state index is 0.0706. The van der Waals surface area contributed by atoms with Crippen molar-refractivity contribution in [3.8, 4) is 0 Å². The van der Waals surface area contributed by atoms with E-state index in [-0.39, 0.29) is 5.91 Å². The Morgan fingerprint density at radius 3 is 3.00 bits per heavy atom. The number of carbonyl (C=O) groups is 1. The molecule has 5 heteroatoms. The summed E-state index contributed by atoms with van der Waals surface area (Å²) in [5.74, 6) is 0.882. The first-order valence-electron chi connectivity index (χ1n) is 5.72. The number of piperidine rings is 1. The molecule has 0 saturated carbocycles. The molecule has 1 aromatic heterocycles. The highest BCUT2D eigenvalue weighted by Gasteiger charge is 2.16. The van der Waals surface area contributed by atoms with E-state index in [9.17, 15) is 4.79 Å². The lowest BCUT2D eigenvalue weighted by Gasteiger charge is -2.23. The van der Waals surface area contributed by atoms with Crippen LogP contribution in [0.2, 0.25) is 0 Å². The van der Waals surface area contributed by atoms with E-state index in [0.29, 0.717) is 12.5 Å². The highest BCUT2D eigenvalue weighted by atomic mass is 16.1. The van der Waals surface area contributed by atoms with Crippen molar-refractivity contribution in [2.24, 2.45) is 7.05 Å². The zero-order valence-corrected chi connectivity index (χ0v) is 9.57. The standard InChI is InChI=1S/C11H18N4O/c1-15-7-6-13-10(15)8-11(16)14-9-2-4-12-5-3-9/h6-7,9,12H,2-5,8H2,1H3,(H,14,16). The first-order chi connectivity index (χ1) is 7.75. The maximum Gasteiger partial charge on any atom is 0.227 e. The molecular weight excluding hydrogens is 204 g/mol. The van der Waals surface area contributed by atoms with Crippen LogP contribution in [-0.2, 0) is 18.3 Å². The summed E-state index contributed by atoms with van der Waals surface area (Å²) in [6.45, 7) is 1.99. The van der Waals surface area contributed by atoms with Crippen molar-refractivity contribution in [3.63, 3.8) is 0 Å². The number of imidazole rings is 1. The van der Waals surface area contributed by atoms with Crippen molar-refractivity contribution in [2.45, 2.75) is 25.3 Å². The predicted octanol–water partition coefficient (Wildman–Crippen LogP) is -0.169. The van der Waals surface area contributed by atoms with Gasteiger partial charge in [-0.15, -0.1) is 0 Å². The van der Waals surface area contributed by atoms with Gasteiger partial charge in [0.05, 0.1) is 6.42 Å². The Morgan fingerprint density at radius 1 is 1.62 bits per heavy atom. The van der Waals surface area contributed by atoms with Gasteiger partial charge in [-0.1, -0.05) is 0 Å². The fourth-order valence-corrected chi connectivity index (χ4v) is 1.96. The maximum absolute atomic E-state index is 11.7. The third kappa shape index (κ3) is 2.82. The van der Waals surface area contributed by atoms with Gasteiger partial charge < -0.3 is 15.2 Å². The van der Waals surface area contributed by atoms with Crippen molar-refractivity contribution in [1.29, 1.82) is 0 Å². The molecule has 0 bridgehead atoms. The summed E-state index contributed by atoms with van der Waals surface area (Å²) in [7, 11) is 1.90. The molecule has 0 radical (unpaired) electrons. The molecule has 1 aliphatic heterocycles. The van der Waals surface area contributed by atoms with Gasteiger partial charge in [0.2, 0.25) is 5.91 Å². The Bertz CT molecular complexity index is 355. The quantitative estimate of drug-likeness (QED) is 0.746. The van der Waals surface area contributed by atoms with Gasteiger partial charge in [0.15, 0.2) is 0 Å². The number of rotatable bonds is 3. The lowest BCUT2D eigenvalue weighted by Crippen LogP contribution is -2.43. The molecule has 1 aliphatic rings. The molecule has 16 heavy (non-hydrogen) atoms. The Balaban J connectivity index is 1.82. The fraction of sp³-hybridized carbons (Fsp3) is 0.636. The van der Waals surface area contributed by atoms with Crippen LogP contribution >= 0.6 is 0 Å². The Labute approximate surface area is 95.2 Å². The number of aryl methyl sites for hydroxylation is 1. The Kier molecular flexibility index (Phi) is 3.56. The van der Waals surface area contributed by atoms with Gasteiger partial charge in [0, 0.05) is 25.5 Å². The summed E-state index contributed by atoms with van der Waals surface area (Å²) in [6.07, 6.45) is 5.98. The van der Waals surface area contributed by atoms with Crippen molar-refractivity contribution in [3.05, 3.63) is 18.2 Å². The van der Waals surface area contributed by atoms with Crippen LogP contribution in [0.5, 0.6) is 0 Å². The van der Waals surface area contributed by atoms with Gasteiger partial charge in [0.1, 0.15) is 5.82 Å². The van der Waals surface area contributed by atoms with Gasteiger partial charge >= 0.3 is 0 Å². The second kappa shape index (κ2) is 5.12. The fourth-order valence-electron chi connectivity index (χ4n) is 1.96. The lowest BCUT2D eigenvalue weighted by atomic mass is 10.1. The zero-order valence-electron chi connectivity index (χ0n) is 9.57. The molecule has 2 heterocycles. The van der Waals surface area contributed by atoms with Crippen LogP contribution in [0.3, 0.4) is 0 Å². The van der Waals surface area contributed by atoms with Gasteiger partial charge in [-0.2, -0.15) is 0 Å². The van der Waals surface area contributed by atoms with E-state index >= 15 is 0 Å². The molecule has 0 aliphatic carbocycles. The summed E-state index contributed by atoms with van der Waals surface area (Å²) >= 11 is 0. The van der Waals surface area contributed by atoms with Crippen LogP contribution in [-0.4, -0.2) is 34.6 Å². The second-order valence-corrected chi connectivity index (χ2v) is 4.22. The van der Waals surface area contributed by atoms with Gasteiger partial charge in [-0.3, -0.25) is 4.79 Å². The summed E-state index contributed by atoms with van der Waals surface area (Å²) in [6, 6.07) is 0.328. The second-order valence-electron chi connectivity index (χ2n) is 4.22. The molecule has 1 amide bonds. The molecule has 0 unspecified atom stereocenters. The molecule has 0 aromatic carbocycles. The van der Waals surface area contributed by atoms with Gasteiger partial charge in [-0.05, 0) is 25.9 Å². The van der Waals surface area contributed by atoms with Crippen LogP contribution in [0.4, 0.5) is 0 Å². The largest absolute Gasteiger partial charge is 0.353 e. The van der Waals surface area contributed by atoms with E-state index in [4.69, 9.17) is 0 Å². The minimum atomic E-state index is 0.0706. The highest BCUT2D eigenvalue weighted by Crippen LogP contribution is 2.03. The lowest BCUT2D eigenvalue weighted by molar-refractivity contribution is -0.121. The Hall–Kier alpha value is -1.36. The third-order valence-electron chi connectivity index (χ3n) is 2.94. The van der Waals surface area contributed by atoms with Gasteiger partial charge in [0.25, 0.3) is 0 Å². The number of hydrogen-bond donors (Lipinski definition) is 2. The van der Waals surface area contributed by atoms with Crippen molar-refractivity contribution >= 4 is 5.91 Å². The number of amides is 1. The normalized spacial score (nSPS) is 17.3. The zero-order chi connectivity index (χ0) is 11.4. The first-order valence-corrected chi connectivity index (χ1v) is 5.72. The van der Waals surface area contributed by atoms with Crippen LogP contribution in [0.25, 0.3) is 0 Å². The van der Waals surface area contributed by atoms with E-state index < -0.39 is 0 Å². The molecule has 0 atom stereocenters. The summed E-state index contributed by atoms with van der Waals surface area (Å²) in [5.41, 5.74) is 0. The molecule has 5 nitrogen and oxygen atoms in total. The van der Waals surface area contributed by atoms with E-state index in [0.717, 1.165) is 31.8 Å². The van der Waals surface area contributed by atoms with E-state index in [2.05, 4.69) is 15.6 Å². The molecule has 1 fully saturated rings. The molecule has 88 valence electrons. The number of nitrogens with zero attached hydrogens (tertiary/aromatic N) is 2. The SMILES string of the molecule is Cn1ccnc1CC(=O)NC1CCNCC1. The highest BCUT2D eigenvalue weighted by molar-refractivity contribution is 5.78. The molecule has 2 rings (SSSR count). The number of hydrogen-bond acceptors (Lipinski definition) is 3. The summed E-state index contributed by atoms with van der Waals surface area (Å²) in [5, 5.41) is 6.33. The van der Waals surface area contributed by atoms with Crippen molar-refractivity contribution in [2.75, 3.05) is 13.1 Å². The van der Waals surface area contributed by atoms with Crippen molar-refractivity contribution < 1.29 is 4.79 Å². The number of nitrogens with one attached hydrogen (secondary N) is 2. The van der Waals surface area contributed by atoms with Crippen LogP contribution in [0.1, 0.15) is 18.7 Å². The summed E-state index contributed by atoms with van der Waals surface area (Å²) < 4.78 is 1.88. The predicted molar refractivity (Wildman–Crippen MR) is 60.9 cm³/mol. The average molecular weight is 222 g/mol. The minimum Gasteiger partial charge on any atom is -0.353 e. The van der Waals surface area contributed by atoms with Crippen molar-refractivity contribution in [1.82, 2.24) is 20.2 Å². The summed E-state index contributed by atoms with van der Waals surface area (Å²) in [4.78, 5) is 15.9. The molecule has 0 spiro atoms. The topological polar surface area (TPSA) is 59.0 Å².